The van der Waals surface area contributed by atoms with Crippen LogP contribution in [0.1, 0.15) is 28.9 Å². The van der Waals surface area contributed by atoms with E-state index in [1.165, 1.54) is 11.8 Å². The fourth-order valence-corrected chi connectivity index (χ4v) is 3.69. The zero-order chi connectivity index (χ0) is 14.1. The SMILES string of the molecule is Cc1nccc(Cl)c1CSc1nc2c(c(=O)[nH]1)CCC2. The van der Waals surface area contributed by atoms with Crippen molar-refractivity contribution in [2.75, 3.05) is 0 Å². The van der Waals surface area contributed by atoms with Gasteiger partial charge in [0.15, 0.2) is 5.16 Å². The van der Waals surface area contributed by atoms with Crippen LogP contribution in [0.15, 0.2) is 22.2 Å². The van der Waals surface area contributed by atoms with Crippen molar-refractivity contribution < 1.29 is 0 Å². The number of pyridine rings is 1. The minimum Gasteiger partial charge on any atom is -0.301 e. The van der Waals surface area contributed by atoms with Crippen LogP contribution in [0.4, 0.5) is 0 Å². The number of hydrogen-bond donors (Lipinski definition) is 1. The first-order chi connectivity index (χ1) is 9.65. The molecule has 4 nitrogen and oxygen atoms in total. The molecule has 1 aliphatic carbocycles. The van der Waals surface area contributed by atoms with Crippen molar-refractivity contribution in [1.82, 2.24) is 15.0 Å². The monoisotopic (exact) mass is 307 g/mol. The highest BCUT2D eigenvalue weighted by molar-refractivity contribution is 7.98. The van der Waals surface area contributed by atoms with Crippen LogP contribution in [0.2, 0.25) is 5.02 Å². The predicted molar refractivity (Wildman–Crippen MR) is 80.4 cm³/mol. The van der Waals surface area contributed by atoms with Gasteiger partial charge in [0.2, 0.25) is 0 Å². The van der Waals surface area contributed by atoms with Gasteiger partial charge < -0.3 is 4.98 Å². The summed E-state index contributed by atoms with van der Waals surface area (Å²) < 4.78 is 0. The van der Waals surface area contributed by atoms with Crippen molar-refractivity contribution in [3.63, 3.8) is 0 Å². The summed E-state index contributed by atoms with van der Waals surface area (Å²) in [4.78, 5) is 23.5. The summed E-state index contributed by atoms with van der Waals surface area (Å²) in [5.74, 6) is 0.653. The standard InChI is InChI=1S/C14H14ClN3OS/c1-8-10(11(15)5-6-16-8)7-20-14-17-12-4-2-3-9(12)13(19)18-14/h5-6H,2-4,7H2,1H3,(H,17,18,19). The van der Waals surface area contributed by atoms with Crippen molar-refractivity contribution in [2.45, 2.75) is 37.1 Å². The van der Waals surface area contributed by atoms with Crippen LogP contribution in [0.25, 0.3) is 0 Å². The van der Waals surface area contributed by atoms with Crippen molar-refractivity contribution in [1.29, 1.82) is 0 Å². The van der Waals surface area contributed by atoms with Crippen molar-refractivity contribution >= 4 is 23.4 Å². The van der Waals surface area contributed by atoms with Gasteiger partial charge in [-0.15, -0.1) is 0 Å². The van der Waals surface area contributed by atoms with E-state index in [0.29, 0.717) is 15.9 Å². The zero-order valence-electron chi connectivity index (χ0n) is 11.1. The second-order valence-electron chi connectivity index (χ2n) is 4.80. The van der Waals surface area contributed by atoms with Gasteiger partial charge in [-0.05, 0) is 32.3 Å². The van der Waals surface area contributed by atoms with E-state index in [-0.39, 0.29) is 5.56 Å². The average molecular weight is 308 g/mol. The van der Waals surface area contributed by atoms with Crippen LogP contribution in [0.3, 0.4) is 0 Å². The maximum Gasteiger partial charge on any atom is 0.254 e. The molecule has 0 fully saturated rings. The maximum atomic E-state index is 11.9. The number of hydrogen-bond acceptors (Lipinski definition) is 4. The molecule has 0 saturated carbocycles. The van der Waals surface area contributed by atoms with Crippen LogP contribution in [0, 0.1) is 6.92 Å². The molecule has 0 saturated heterocycles. The number of rotatable bonds is 3. The summed E-state index contributed by atoms with van der Waals surface area (Å²) in [6.45, 7) is 1.93. The van der Waals surface area contributed by atoms with Gasteiger partial charge in [0.25, 0.3) is 5.56 Å². The molecule has 6 heteroatoms. The molecular formula is C14H14ClN3OS. The molecule has 1 N–H and O–H groups in total. The second-order valence-corrected chi connectivity index (χ2v) is 6.17. The van der Waals surface area contributed by atoms with Crippen molar-refractivity contribution in [3.05, 3.63) is 50.2 Å². The van der Waals surface area contributed by atoms with Gasteiger partial charge in [-0.3, -0.25) is 9.78 Å². The first kappa shape index (κ1) is 13.6. The van der Waals surface area contributed by atoms with E-state index >= 15 is 0 Å². The largest absolute Gasteiger partial charge is 0.301 e. The molecule has 104 valence electrons. The van der Waals surface area contributed by atoms with E-state index in [2.05, 4.69) is 15.0 Å². The number of nitrogens with zero attached hydrogens (tertiary/aromatic N) is 2. The molecule has 1 aliphatic rings. The number of nitrogens with one attached hydrogen (secondary N) is 1. The summed E-state index contributed by atoms with van der Waals surface area (Å²) in [7, 11) is 0. The Labute approximate surface area is 126 Å². The van der Waals surface area contributed by atoms with Gasteiger partial charge in [-0.2, -0.15) is 0 Å². The van der Waals surface area contributed by atoms with Gasteiger partial charge in [0.1, 0.15) is 0 Å². The molecule has 2 aromatic rings. The first-order valence-electron chi connectivity index (χ1n) is 6.50. The van der Waals surface area contributed by atoms with E-state index in [9.17, 15) is 4.79 Å². The van der Waals surface area contributed by atoms with Crippen LogP contribution in [-0.2, 0) is 18.6 Å². The number of halogens is 1. The number of aryl methyl sites for hydroxylation is 2. The van der Waals surface area contributed by atoms with Gasteiger partial charge in [0, 0.05) is 33.8 Å². The molecule has 0 aromatic carbocycles. The highest BCUT2D eigenvalue weighted by Crippen LogP contribution is 2.27. The predicted octanol–water partition coefficient (Wildman–Crippen LogP) is 2.91. The van der Waals surface area contributed by atoms with Crippen LogP contribution in [0.5, 0.6) is 0 Å². The van der Waals surface area contributed by atoms with Crippen molar-refractivity contribution in [2.24, 2.45) is 0 Å². The average Bonchev–Trinajstić information content (AvgIpc) is 2.87. The molecule has 0 spiro atoms. The highest BCUT2D eigenvalue weighted by Gasteiger charge is 2.17. The zero-order valence-corrected chi connectivity index (χ0v) is 12.6. The van der Waals surface area contributed by atoms with E-state index in [1.807, 2.05) is 6.92 Å². The Kier molecular flexibility index (Phi) is 3.81. The molecule has 0 aliphatic heterocycles. The summed E-state index contributed by atoms with van der Waals surface area (Å²) in [5, 5.41) is 1.36. The number of thioether (sulfide) groups is 1. The summed E-state index contributed by atoms with van der Waals surface area (Å²) in [6, 6.07) is 1.78. The summed E-state index contributed by atoms with van der Waals surface area (Å²) in [6.07, 6.45) is 4.46. The summed E-state index contributed by atoms with van der Waals surface area (Å²) in [5.41, 5.74) is 3.70. The summed E-state index contributed by atoms with van der Waals surface area (Å²) >= 11 is 7.67. The Morgan fingerprint density at radius 1 is 1.45 bits per heavy atom. The Bertz CT molecular complexity index is 694. The normalized spacial score (nSPS) is 13.5. The molecule has 3 rings (SSSR count). The van der Waals surface area contributed by atoms with Gasteiger partial charge >= 0.3 is 0 Å². The first-order valence-corrected chi connectivity index (χ1v) is 7.86. The Morgan fingerprint density at radius 3 is 3.10 bits per heavy atom. The lowest BCUT2D eigenvalue weighted by Gasteiger charge is -2.07. The maximum absolute atomic E-state index is 11.9. The van der Waals surface area contributed by atoms with Crippen LogP contribution in [-0.4, -0.2) is 15.0 Å². The Morgan fingerprint density at radius 2 is 2.30 bits per heavy atom. The molecule has 2 aromatic heterocycles. The number of fused-ring (bicyclic) bond motifs is 1. The smallest absolute Gasteiger partial charge is 0.254 e. The number of aromatic amines is 1. The van der Waals surface area contributed by atoms with Crippen LogP contribution < -0.4 is 5.56 Å². The lowest BCUT2D eigenvalue weighted by atomic mass is 10.2. The molecule has 20 heavy (non-hydrogen) atoms. The third kappa shape index (κ3) is 2.60. The highest BCUT2D eigenvalue weighted by atomic mass is 35.5. The van der Waals surface area contributed by atoms with Crippen LogP contribution >= 0.6 is 23.4 Å². The third-order valence-electron chi connectivity index (χ3n) is 3.49. The Balaban J connectivity index is 1.83. The number of aromatic nitrogens is 3. The molecular weight excluding hydrogens is 294 g/mol. The quantitative estimate of drug-likeness (QED) is 0.699. The minimum absolute atomic E-state index is 0.00371. The van der Waals surface area contributed by atoms with E-state index in [4.69, 9.17) is 11.6 Å². The molecule has 0 unspecified atom stereocenters. The fourth-order valence-electron chi connectivity index (χ4n) is 2.37. The topological polar surface area (TPSA) is 58.6 Å². The van der Waals surface area contributed by atoms with Gasteiger partial charge in [0.05, 0.1) is 5.69 Å². The van der Waals surface area contributed by atoms with E-state index in [1.54, 1.807) is 12.3 Å². The molecule has 2 heterocycles. The minimum atomic E-state index is 0.00371. The molecule has 0 atom stereocenters. The van der Waals surface area contributed by atoms with Crippen molar-refractivity contribution in [3.8, 4) is 0 Å². The van der Waals surface area contributed by atoms with E-state index in [0.717, 1.165) is 41.8 Å². The second kappa shape index (κ2) is 5.58. The third-order valence-corrected chi connectivity index (χ3v) is 4.74. The Hall–Kier alpha value is -1.33. The molecule has 0 bridgehead atoms. The van der Waals surface area contributed by atoms with Gasteiger partial charge in [-0.1, -0.05) is 23.4 Å². The lowest BCUT2D eigenvalue weighted by Crippen LogP contribution is -2.14. The lowest BCUT2D eigenvalue weighted by molar-refractivity contribution is 0.869. The molecule has 0 radical (unpaired) electrons. The molecule has 0 amide bonds. The van der Waals surface area contributed by atoms with E-state index < -0.39 is 0 Å². The fraction of sp³-hybridized carbons (Fsp3) is 0.357. The number of H-pyrrole nitrogens is 1. The van der Waals surface area contributed by atoms with Gasteiger partial charge in [-0.25, -0.2) is 4.98 Å².